The van der Waals surface area contributed by atoms with Crippen LogP contribution in [0, 0.1) is 13.8 Å². The fourth-order valence-corrected chi connectivity index (χ4v) is 3.66. The molecule has 0 radical (unpaired) electrons. The fraction of sp³-hybridized carbons (Fsp3) is 0.474. The van der Waals surface area contributed by atoms with Crippen LogP contribution in [0.2, 0.25) is 0 Å². The maximum absolute atomic E-state index is 12.6. The number of hydrogen-bond donors (Lipinski definition) is 2. The molecular formula is C19H24N4O2. The third-order valence-corrected chi connectivity index (χ3v) is 5.35. The first-order valence-electron chi connectivity index (χ1n) is 8.89. The normalized spacial score (nSPS) is 19.8. The van der Waals surface area contributed by atoms with Gasteiger partial charge in [-0.1, -0.05) is 6.07 Å². The van der Waals surface area contributed by atoms with E-state index in [2.05, 4.69) is 29.4 Å². The Morgan fingerprint density at radius 3 is 3.08 bits per heavy atom. The lowest BCUT2D eigenvalue weighted by Gasteiger charge is -2.18. The number of nitrogens with zero attached hydrogens (tertiary/aromatic N) is 2. The van der Waals surface area contributed by atoms with E-state index in [-0.39, 0.29) is 11.9 Å². The second-order valence-electron chi connectivity index (χ2n) is 7.03. The number of aromatic amines is 1. The summed E-state index contributed by atoms with van der Waals surface area (Å²) in [5.74, 6) is 0.284. The molecule has 6 nitrogen and oxygen atoms in total. The fourth-order valence-electron chi connectivity index (χ4n) is 3.66. The maximum Gasteiger partial charge on any atom is 0.321 e. The van der Waals surface area contributed by atoms with Crippen molar-refractivity contribution in [1.29, 1.82) is 0 Å². The van der Waals surface area contributed by atoms with Gasteiger partial charge in [0.2, 0.25) is 0 Å². The number of ether oxygens (including phenoxy) is 1. The second kappa shape index (κ2) is 6.52. The molecule has 1 unspecified atom stereocenters. The smallest absolute Gasteiger partial charge is 0.321 e. The van der Waals surface area contributed by atoms with Gasteiger partial charge in [-0.3, -0.25) is 5.10 Å². The highest BCUT2D eigenvalue weighted by Gasteiger charge is 2.32. The van der Waals surface area contributed by atoms with E-state index in [1.807, 2.05) is 23.1 Å². The number of carbonyl (C=O) groups excluding carboxylic acids is 1. The first kappa shape index (κ1) is 16.1. The third-order valence-electron chi connectivity index (χ3n) is 5.35. The van der Waals surface area contributed by atoms with Gasteiger partial charge < -0.3 is 15.0 Å². The van der Waals surface area contributed by atoms with Crippen molar-refractivity contribution in [1.82, 2.24) is 15.1 Å². The Hall–Kier alpha value is -2.34. The molecule has 4 rings (SSSR count). The monoisotopic (exact) mass is 340 g/mol. The van der Waals surface area contributed by atoms with Gasteiger partial charge in [0.1, 0.15) is 0 Å². The summed E-state index contributed by atoms with van der Waals surface area (Å²) in [4.78, 5) is 14.5. The first-order valence-corrected chi connectivity index (χ1v) is 8.89. The standard InChI is InChI=1S/C19H24N4O2/c1-12-3-4-15(9-13(12)2)20-19(24)23-7-5-14(10-23)18-16-11-25-8-6-17(16)21-22-18/h3-4,9,14H,5-8,10-11H2,1-2H3,(H,20,24)(H,21,22). The number of aryl methyl sites for hydroxylation is 2. The Morgan fingerprint density at radius 2 is 2.24 bits per heavy atom. The van der Waals surface area contributed by atoms with Gasteiger partial charge in [0.25, 0.3) is 0 Å². The summed E-state index contributed by atoms with van der Waals surface area (Å²) in [5, 5.41) is 10.7. The number of anilines is 1. The van der Waals surface area contributed by atoms with Crippen molar-refractivity contribution in [3.8, 4) is 0 Å². The van der Waals surface area contributed by atoms with Crippen LogP contribution < -0.4 is 5.32 Å². The minimum absolute atomic E-state index is 0.0357. The highest BCUT2D eigenvalue weighted by molar-refractivity contribution is 5.89. The molecule has 2 aliphatic rings. The van der Waals surface area contributed by atoms with Crippen molar-refractivity contribution < 1.29 is 9.53 Å². The molecule has 25 heavy (non-hydrogen) atoms. The molecule has 6 heteroatoms. The van der Waals surface area contributed by atoms with Crippen LogP contribution in [0.1, 0.15) is 40.4 Å². The number of amides is 2. The van der Waals surface area contributed by atoms with Crippen molar-refractivity contribution in [2.45, 2.75) is 39.2 Å². The average Bonchev–Trinajstić information content (AvgIpc) is 3.24. The summed E-state index contributed by atoms with van der Waals surface area (Å²) in [7, 11) is 0. The molecule has 2 amide bonds. The van der Waals surface area contributed by atoms with Crippen LogP contribution in [0.5, 0.6) is 0 Å². The van der Waals surface area contributed by atoms with Crippen LogP contribution in [0.4, 0.5) is 10.5 Å². The summed E-state index contributed by atoms with van der Waals surface area (Å²) < 4.78 is 5.58. The molecule has 1 fully saturated rings. The number of fused-ring (bicyclic) bond motifs is 1. The zero-order valence-electron chi connectivity index (χ0n) is 14.8. The van der Waals surface area contributed by atoms with E-state index < -0.39 is 0 Å². The van der Waals surface area contributed by atoms with E-state index in [4.69, 9.17) is 4.74 Å². The molecule has 0 spiro atoms. The minimum atomic E-state index is -0.0357. The molecule has 0 bridgehead atoms. The molecule has 0 saturated carbocycles. The first-order chi connectivity index (χ1) is 12.1. The summed E-state index contributed by atoms with van der Waals surface area (Å²) >= 11 is 0. The van der Waals surface area contributed by atoms with Gasteiger partial charge in [0, 0.05) is 42.4 Å². The van der Waals surface area contributed by atoms with Crippen LogP contribution in [-0.2, 0) is 17.8 Å². The summed E-state index contributed by atoms with van der Waals surface area (Å²) in [6.45, 7) is 6.97. The maximum atomic E-state index is 12.6. The predicted molar refractivity (Wildman–Crippen MR) is 95.8 cm³/mol. The Balaban J connectivity index is 1.42. The predicted octanol–water partition coefficient (Wildman–Crippen LogP) is 3.12. The molecule has 2 N–H and O–H groups in total. The number of likely N-dealkylation sites (tertiary alicyclic amines) is 1. The van der Waals surface area contributed by atoms with Gasteiger partial charge in [-0.2, -0.15) is 5.10 Å². The number of urea groups is 1. The quantitative estimate of drug-likeness (QED) is 0.882. The number of rotatable bonds is 2. The number of carbonyl (C=O) groups is 1. The summed E-state index contributed by atoms with van der Waals surface area (Å²) in [6.07, 6.45) is 1.84. The van der Waals surface area contributed by atoms with Gasteiger partial charge in [-0.05, 0) is 43.5 Å². The van der Waals surface area contributed by atoms with Crippen LogP contribution in [0.15, 0.2) is 18.2 Å². The zero-order valence-corrected chi connectivity index (χ0v) is 14.8. The van der Waals surface area contributed by atoms with Gasteiger partial charge in [-0.25, -0.2) is 4.79 Å². The molecule has 2 aromatic rings. The number of aromatic nitrogens is 2. The SMILES string of the molecule is Cc1ccc(NC(=O)N2CCC(c3n[nH]c4c3COCC4)C2)cc1C. The van der Waals surface area contributed by atoms with Crippen LogP contribution in [0.3, 0.4) is 0 Å². The molecular weight excluding hydrogens is 316 g/mol. The van der Waals surface area contributed by atoms with Crippen LogP contribution in [0.25, 0.3) is 0 Å². The molecule has 1 atom stereocenters. The Kier molecular flexibility index (Phi) is 4.21. The average molecular weight is 340 g/mol. The van der Waals surface area contributed by atoms with E-state index in [0.29, 0.717) is 13.2 Å². The van der Waals surface area contributed by atoms with Gasteiger partial charge in [0.15, 0.2) is 0 Å². The summed E-state index contributed by atoms with van der Waals surface area (Å²) in [5.41, 5.74) is 6.73. The zero-order chi connectivity index (χ0) is 17.4. The topological polar surface area (TPSA) is 70.2 Å². The Morgan fingerprint density at radius 1 is 1.36 bits per heavy atom. The lowest BCUT2D eigenvalue weighted by Crippen LogP contribution is -2.32. The minimum Gasteiger partial charge on any atom is -0.376 e. The number of H-pyrrole nitrogens is 1. The van der Waals surface area contributed by atoms with Crippen molar-refractivity contribution in [3.05, 3.63) is 46.3 Å². The second-order valence-corrected chi connectivity index (χ2v) is 7.03. The molecule has 1 aromatic carbocycles. The van der Waals surface area contributed by atoms with Crippen molar-refractivity contribution in [2.24, 2.45) is 0 Å². The van der Waals surface area contributed by atoms with Crippen molar-refractivity contribution in [2.75, 3.05) is 25.0 Å². The highest BCUT2D eigenvalue weighted by atomic mass is 16.5. The van der Waals surface area contributed by atoms with Gasteiger partial charge in [-0.15, -0.1) is 0 Å². The lowest BCUT2D eigenvalue weighted by molar-refractivity contribution is 0.109. The largest absolute Gasteiger partial charge is 0.376 e. The van der Waals surface area contributed by atoms with Gasteiger partial charge in [0.05, 0.1) is 18.9 Å². The Bertz CT molecular complexity index is 799. The molecule has 2 aliphatic heterocycles. The van der Waals surface area contributed by atoms with Crippen LogP contribution in [-0.4, -0.2) is 40.8 Å². The molecule has 132 valence electrons. The van der Waals surface area contributed by atoms with E-state index in [0.717, 1.165) is 37.4 Å². The molecule has 3 heterocycles. The van der Waals surface area contributed by atoms with Crippen molar-refractivity contribution >= 4 is 11.7 Å². The van der Waals surface area contributed by atoms with Crippen molar-refractivity contribution in [3.63, 3.8) is 0 Å². The highest BCUT2D eigenvalue weighted by Crippen LogP contribution is 2.31. The van der Waals surface area contributed by atoms with E-state index in [1.54, 1.807) is 0 Å². The summed E-state index contributed by atoms with van der Waals surface area (Å²) in [6, 6.07) is 5.97. The number of nitrogens with one attached hydrogen (secondary N) is 2. The van der Waals surface area contributed by atoms with E-state index in [9.17, 15) is 4.79 Å². The third kappa shape index (κ3) is 3.14. The lowest BCUT2D eigenvalue weighted by atomic mass is 9.98. The Labute approximate surface area is 147 Å². The van der Waals surface area contributed by atoms with Crippen LogP contribution >= 0.6 is 0 Å². The molecule has 1 saturated heterocycles. The molecule has 0 aliphatic carbocycles. The molecule has 1 aromatic heterocycles. The van der Waals surface area contributed by atoms with Gasteiger partial charge >= 0.3 is 6.03 Å². The number of hydrogen-bond acceptors (Lipinski definition) is 3. The van der Waals surface area contributed by atoms with E-state index in [1.165, 1.54) is 22.4 Å². The van der Waals surface area contributed by atoms with E-state index >= 15 is 0 Å². The number of benzene rings is 1.